The third-order valence-electron chi connectivity index (χ3n) is 3.37. The summed E-state index contributed by atoms with van der Waals surface area (Å²) in [6.07, 6.45) is 1.47. The second-order valence-corrected chi connectivity index (χ2v) is 5.58. The molecule has 108 valence electrons. The molecule has 1 fully saturated rings. The van der Waals surface area contributed by atoms with Crippen LogP contribution in [-0.4, -0.2) is 23.0 Å². The molecule has 4 nitrogen and oxygen atoms in total. The normalized spacial score (nSPS) is 21.8. The summed E-state index contributed by atoms with van der Waals surface area (Å²) < 4.78 is 13.4. The molecular weight excluding hydrogens is 308 g/mol. The van der Waals surface area contributed by atoms with E-state index in [0.29, 0.717) is 19.3 Å². The average molecular weight is 320 g/mol. The van der Waals surface area contributed by atoms with Gasteiger partial charge in [-0.25, -0.2) is 4.39 Å². The van der Waals surface area contributed by atoms with Crippen LogP contribution in [0, 0.1) is 11.7 Å². The van der Waals surface area contributed by atoms with Gasteiger partial charge in [-0.3, -0.25) is 9.59 Å². The Labute approximate surface area is 124 Å². The molecule has 2 unspecified atom stereocenters. The largest absolute Gasteiger partial charge is 0.481 e. The molecule has 1 amide bonds. The maximum atomic E-state index is 13.4. The highest BCUT2D eigenvalue weighted by Crippen LogP contribution is 2.27. The SMILES string of the molecule is O=C(NC1CCC(C(=O)O)C1)c1cc(F)c(Cl)cc1Cl. The number of carboxylic acids is 1. The van der Waals surface area contributed by atoms with E-state index in [2.05, 4.69) is 5.32 Å². The van der Waals surface area contributed by atoms with Crippen LogP contribution in [0.15, 0.2) is 12.1 Å². The van der Waals surface area contributed by atoms with Crippen LogP contribution >= 0.6 is 23.2 Å². The minimum absolute atomic E-state index is 0.00709. The number of rotatable bonds is 3. The predicted octanol–water partition coefficient (Wildman–Crippen LogP) is 3.12. The van der Waals surface area contributed by atoms with Gasteiger partial charge in [-0.1, -0.05) is 23.2 Å². The molecule has 0 spiro atoms. The first-order valence-electron chi connectivity index (χ1n) is 6.06. The fraction of sp³-hybridized carbons (Fsp3) is 0.385. The highest BCUT2D eigenvalue weighted by molar-refractivity contribution is 6.36. The molecule has 1 aliphatic carbocycles. The summed E-state index contributed by atoms with van der Waals surface area (Å²) in [6.45, 7) is 0. The van der Waals surface area contributed by atoms with E-state index in [1.165, 1.54) is 6.07 Å². The number of amides is 1. The van der Waals surface area contributed by atoms with Crippen molar-refractivity contribution in [2.75, 3.05) is 0 Å². The second kappa shape index (κ2) is 5.97. The third kappa shape index (κ3) is 3.22. The third-order valence-corrected chi connectivity index (χ3v) is 3.97. The molecule has 1 aromatic carbocycles. The highest BCUT2D eigenvalue weighted by Gasteiger charge is 2.31. The van der Waals surface area contributed by atoms with Gasteiger partial charge in [0.25, 0.3) is 5.91 Å². The van der Waals surface area contributed by atoms with Crippen LogP contribution in [-0.2, 0) is 4.79 Å². The van der Waals surface area contributed by atoms with E-state index < -0.39 is 23.6 Å². The molecule has 0 radical (unpaired) electrons. The Balaban J connectivity index is 2.06. The van der Waals surface area contributed by atoms with E-state index in [1.807, 2.05) is 0 Å². The lowest BCUT2D eigenvalue weighted by Gasteiger charge is -2.13. The zero-order valence-corrected chi connectivity index (χ0v) is 11.8. The number of benzene rings is 1. The quantitative estimate of drug-likeness (QED) is 0.841. The van der Waals surface area contributed by atoms with Crippen LogP contribution in [0.5, 0.6) is 0 Å². The fourth-order valence-corrected chi connectivity index (χ4v) is 2.77. The number of aliphatic carboxylic acids is 1. The minimum Gasteiger partial charge on any atom is -0.481 e. The first kappa shape index (κ1) is 15.1. The first-order chi connectivity index (χ1) is 9.38. The Morgan fingerprint density at radius 2 is 1.95 bits per heavy atom. The number of carboxylic acid groups (broad SMARTS) is 1. The van der Waals surface area contributed by atoms with E-state index in [9.17, 15) is 14.0 Å². The number of carbonyl (C=O) groups excluding carboxylic acids is 1. The number of halogens is 3. The molecule has 7 heteroatoms. The van der Waals surface area contributed by atoms with E-state index in [0.717, 1.165) is 6.07 Å². The summed E-state index contributed by atoms with van der Waals surface area (Å²) in [7, 11) is 0. The van der Waals surface area contributed by atoms with E-state index in [4.69, 9.17) is 28.3 Å². The van der Waals surface area contributed by atoms with Crippen LogP contribution in [0.25, 0.3) is 0 Å². The van der Waals surface area contributed by atoms with Gasteiger partial charge < -0.3 is 10.4 Å². The van der Waals surface area contributed by atoms with Gasteiger partial charge in [0.15, 0.2) is 0 Å². The molecule has 2 atom stereocenters. The van der Waals surface area contributed by atoms with Crippen LogP contribution in [0.2, 0.25) is 10.0 Å². The van der Waals surface area contributed by atoms with Crippen molar-refractivity contribution >= 4 is 35.1 Å². The summed E-state index contributed by atoms with van der Waals surface area (Å²) in [5.74, 6) is -2.56. The minimum atomic E-state index is -0.864. The zero-order chi connectivity index (χ0) is 14.9. The molecule has 1 saturated carbocycles. The Morgan fingerprint density at radius 1 is 1.25 bits per heavy atom. The Hall–Kier alpha value is -1.33. The molecule has 0 aliphatic heterocycles. The van der Waals surface area contributed by atoms with Crippen molar-refractivity contribution in [2.24, 2.45) is 5.92 Å². The van der Waals surface area contributed by atoms with Crippen molar-refractivity contribution in [3.05, 3.63) is 33.6 Å². The van der Waals surface area contributed by atoms with E-state index in [-0.39, 0.29) is 21.7 Å². The lowest BCUT2D eigenvalue weighted by atomic mass is 10.1. The van der Waals surface area contributed by atoms with Gasteiger partial charge in [0.2, 0.25) is 0 Å². The molecule has 0 bridgehead atoms. The standard InChI is InChI=1S/C13H12Cl2FNO3/c14-9-5-10(15)11(16)4-8(9)12(18)17-7-2-1-6(3-7)13(19)20/h4-7H,1-3H2,(H,17,18)(H,19,20). The van der Waals surface area contributed by atoms with Crippen molar-refractivity contribution in [1.82, 2.24) is 5.32 Å². The molecule has 2 rings (SSSR count). The predicted molar refractivity (Wildman–Crippen MR) is 72.7 cm³/mol. The smallest absolute Gasteiger partial charge is 0.306 e. The molecule has 0 saturated heterocycles. The number of carbonyl (C=O) groups is 2. The first-order valence-corrected chi connectivity index (χ1v) is 6.82. The molecule has 0 aromatic heterocycles. The molecule has 1 aliphatic rings. The van der Waals surface area contributed by atoms with Gasteiger partial charge in [0.05, 0.1) is 21.5 Å². The molecule has 2 N–H and O–H groups in total. The Morgan fingerprint density at radius 3 is 2.55 bits per heavy atom. The number of hydrogen-bond donors (Lipinski definition) is 2. The van der Waals surface area contributed by atoms with Crippen molar-refractivity contribution in [2.45, 2.75) is 25.3 Å². The van der Waals surface area contributed by atoms with Crippen LogP contribution < -0.4 is 5.32 Å². The molecule has 20 heavy (non-hydrogen) atoms. The van der Waals surface area contributed by atoms with Crippen LogP contribution in [0.1, 0.15) is 29.6 Å². The van der Waals surface area contributed by atoms with Gasteiger partial charge in [0, 0.05) is 6.04 Å². The second-order valence-electron chi connectivity index (χ2n) is 4.76. The zero-order valence-electron chi connectivity index (χ0n) is 10.3. The lowest BCUT2D eigenvalue weighted by Crippen LogP contribution is -2.33. The Kier molecular flexibility index (Phi) is 4.50. The van der Waals surface area contributed by atoms with Crippen molar-refractivity contribution < 1.29 is 19.1 Å². The highest BCUT2D eigenvalue weighted by atomic mass is 35.5. The summed E-state index contributed by atoms with van der Waals surface area (Å²) in [6, 6.07) is 1.91. The van der Waals surface area contributed by atoms with Crippen LogP contribution in [0.3, 0.4) is 0 Å². The topological polar surface area (TPSA) is 66.4 Å². The summed E-state index contributed by atoms with van der Waals surface area (Å²) >= 11 is 11.4. The van der Waals surface area contributed by atoms with Gasteiger partial charge in [-0.15, -0.1) is 0 Å². The van der Waals surface area contributed by atoms with Gasteiger partial charge in [-0.05, 0) is 31.4 Å². The summed E-state index contributed by atoms with van der Waals surface area (Å²) in [5, 5.41) is 11.5. The molecular formula is C13H12Cl2FNO3. The monoisotopic (exact) mass is 319 g/mol. The van der Waals surface area contributed by atoms with Gasteiger partial charge >= 0.3 is 5.97 Å². The fourth-order valence-electron chi connectivity index (χ4n) is 2.30. The maximum absolute atomic E-state index is 13.4. The van der Waals surface area contributed by atoms with E-state index in [1.54, 1.807) is 0 Å². The lowest BCUT2D eigenvalue weighted by molar-refractivity contribution is -0.141. The average Bonchev–Trinajstić information content (AvgIpc) is 2.82. The summed E-state index contributed by atoms with van der Waals surface area (Å²) in [4.78, 5) is 22.8. The van der Waals surface area contributed by atoms with Crippen molar-refractivity contribution in [3.8, 4) is 0 Å². The Bertz CT molecular complexity index is 565. The van der Waals surface area contributed by atoms with Crippen molar-refractivity contribution in [3.63, 3.8) is 0 Å². The maximum Gasteiger partial charge on any atom is 0.306 e. The van der Waals surface area contributed by atoms with Gasteiger partial charge in [-0.2, -0.15) is 0 Å². The van der Waals surface area contributed by atoms with Crippen LogP contribution in [0.4, 0.5) is 4.39 Å². The van der Waals surface area contributed by atoms with Gasteiger partial charge in [0.1, 0.15) is 5.82 Å². The summed E-state index contributed by atoms with van der Waals surface area (Å²) in [5.41, 5.74) is -0.00709. The van der Waals surface area contributed by atoms with Crippen molar-refractivity contribution in [1.29, 1.82) is 0 Å². The molecule has 0 heterocycles. The molecule has 1 aromatic rings. The van der Waals surface area contributed by atoms with E-state index >= 15 is 0 Å². The number of nitrogens with one attached hydrogen (secondary N) is 1. The number of hydrogen-bond acceptors (Lipinski definition) is 2.